The molecule has 1 heterocycles. The lowest BCUT2D eigenvalue weighted by Crippen LogP contribution is -2.07. The first-order valence-electron chi connectivity index (χ1n) is 8.89. The fourth-order valence-electron chi connectivity index (χ4n) is 2.96. The van der Waals surface area contributed by atoms with E-state index in [1.807, 2.05) is 68.7 Å². The van der Waals surface area contributed by atoms with Gasteiger partial charge in [-0.15, -0.1) is 0 Å². The smallest absolute Gasteiger partial charge is 0.227 e. The molecule has 0 spiro atoms. The standard InChI is InChI=1S/C22H20BrN3O2/c1-26(2)18-7-3-14(4-8-18)22-25-19-12-17(6-10-21(19)28-22)24-13-15-11-16(23)5-9-20(15)27/h3-12,24,27H,13H2,1-2H3. The quantitative estimate of drug-likeness (QED) is 0.422. The Morgan fingerprint density at radius 2 is 1.82 bits per heavy atom. The van der Waals surface area contributed by atoms with Crippen LogP contribution in [0.4, 0.5) is 11.4 Å². The molecule has 0 atom stereocenters. The molecule has 0 fully saturated rings. The van der Waals surface area contributed by atoms with E-state index in [4.69, 9.17) is 4.42 Å². The number of nitrogens with one attached hydrogen (secondary N) is 1. The summed E-state index contributed by atoms with van der Waals surface area (Å²) in [6.07, 6.45) is 0. The van der Waals surface area contributed by atoms with Crippen molar-refractivity contribution in [3.8, 4) is 17.2 Å². The number of aromatic hydroxyl groups is 1. The number of hydrogen-bond acceptors (Lipinski definition) is 5. The molecule has 4 rings (SSSR count). The largest absolute Gasteiger partial charge is 0.508 e. The van der Waals surface area contributed by atoms with Gasteiger partial charge in [-0.25, -0.2) is 4.98 Å². The van der Waals surface area contributed by atoms with Crippen LogP contribution in [0, 0.1) is 0 Å². The number of anilines is 2. The van der Waals surface area contributed by atoms with Gasteiger partial charge in [0.05, 0.1) is 0 Å². The molecule has 5 nitrogen and oxygen atoms in total. The highest BCUT2D eigenvalue weighted by Crippen LogP contribution is 2.28. The van der Waals surface area contributed by atoms with Gasteiger partial charge in [0, 0.05) is 47.6 Å². The van der Waals surface area contributed by atoms with Crippen molar-refractivity contribution in [3.63, 3.8) is 0 Å². The van der Waals surface area contributed by atoms with Gasteiger partial charge in [0.15, 0.2) is 5.58 Å². The summed E-state index contributed by atoms with van der Waals surface area (Å²) >= 11 is 3.43. The predicted octanol–water partition coefficient (Wildman–Crippen LogP) is 5.64. The van der Waals surface area contributed by atoms with Crippen LogP contribution in [0.15, 0.2) is 69.6 Å². The van der Waals surface area contributed by atoms with Gasteiger partial charge < -0.3 is 19.7 Å². The minimum Gasteiger partial charge on any atom is -0.508 e. The number of halogens is 1. The number of aromatic nitrogens is 1. The molecule has 0 amide bonds. The molecule has 0 aliphatic rings. The summed E-state index contributed by atoms with van der Waals surface area (Å²) in [6.45, 7) is 0.507. The van der Waals surface area contributed by atoms with E-state index in [1.54, 1.807) is 6.07 Å². The fourth-order valence-corrected chi connectivity index (χ4v) is 3.36. The molecule has 2 N–H and O–H groups in total. The first kappa shape index (κ1) is 18.4. The Morgan fingerprint density at radius 3 is 2.57 bits per heavy atom. The summed E-state index contributed by atoms with van der Waals surface area (Å²) in [5.74, 6) is 0.865. The summed E-state index contributed by atoms with van der Waals surface area (Å²) in [5.41, 5.74) is 5.32. The average Bonchev–Trinajstić information content (AvgIpc) is 3.12. The van der Waals surface area contributed by atoms with Gasteiger partial charge in [-0.3, -0.25) is 0 Å². The zero-order valence-electron chi connectivity index (χ0n) is 15.6. The Morgan fingerprint density at radius 1 is 1.04 bits per heavy atom. The number of phenolic OH excluding ortho intramolecular Hbond substituents is 1. The zero-order chi connectivity index (χ0) is 19.7. The molecule has 0 aliphatic heterocycles. The van der Waals surface area contributed by atoms with Gasteiger partial charge in [-0.1, -0.05) is 15.9 Å². The first-order chi connectivity index (χ1) is 13.5. The van der Waals surface area contributed by atoms with E-state index in [2.05, 4.69) is 31.1 Å². The number of rotatable bonds is 5. The van der Waals surface area contributed by atoms with Crippen molar-refractivity contribution >= 4 is 38.4 Å². The van der Waals surface area contributed by atoms with E-state index >= 15 is 0 Å². The number of benzene rings is 3. The van der Waals surface area contributed by atoms with Crippen LogP contribution in [0.3, 0.4) is 0 Å². The molecule has 0 radical (unpaired) electrons. The van der Waals surface area contributed by atoms with Crippen LogP contribution in [0.25, 0.3) is 22.6 Å². The van der Waals surface area contributed by atoms with Crippen molar-refractivity contribution in [2.75, 3.05) is 24.3 Å². The summed E-state index contributed by atoms with van der Waals surface area (Å²) in [7, 11) is 4.02. The molecule has 4 aromatic rings. The number of hydrogen-bond donors (Lipinski definition) is 2. The van der Waals surface area contributed by atoms with Crippen molar-refractivity contribution in [2.45, 2.75) is 6.54 Å². The zero-order valence-corrected chi connectivity index (χ0v) is 17.2. The highest BCUT2D eigenvalue weighted by molar-refractivity contribution is 9.10. The number of oxazole rings is 1. The van der Waals surface area contributed by atoms with E-state index in [0.717, 1.165) is 38.1 Å². The van der Waals surface area contributed by atoms with Crippen molar-refractivity contribution < 1.29 is 9.52 Å². The molecule has 6 heteroatoms. The van der Waals surface area contributed by atoms with E-state index < -0.39 is 0 Å². The Kier molecular flexibility index (Phi) is 4.96. The van der Waals surface area contributed by atoms with Gasteiger partial charge in [0.1, 0.15) is 11.3 Å². The van der Waals surface area contributed by atoms with Gasteiger partial charge in [0.25, 0.3) is 0 Å². The molecule has 0 aliphatic carbocycles. The SMILES string of the molecule is CN(C)c1ccc(-c2nc3cc(NCc4cc(Br)ccc4O)ccc3o2)cc1. The monoisotopic (exact) mass is 437 g/mol. The number of fused-ring (bicyclic) bond motifs is 1. The van der Waals surface area contributed by atoms with Crippen molar-refractivity contribution in [1.29, 1.82) is 0 Å². The van der Waals surface area contributed by atoms with Crippen LogP contribution < -0.4 is 10.2 Å². The lowest BCUT2D eigenvalue weighted by Gasteiger charge is -2.11. The fraction of sp³-hybridized carbons (Fsp3) is 0.136. The van der Waals surface area contributed by atoms with E-state index in [9.17, 15) is 5.11 Å². The molecular weight excluding hydrogens is 418 g/mol. The molecule has 0 saturated heterocycles. The van der Waals surface area contributed by atoms with Gasteiger partial charge in [-0.2, -0.15) is 0 Å². The topological polar surface area (TPSA) is 61.5 Å². The third-order valence-electron chi connectivity index (χ3n) is 4.54. The van der Waals surface area contributed by atoms with Crippen molar-refractivity contribution in [3.05, 3.63) is 70.7 Å². The van der Waals surface area contributed by atoms with E-state index in [0.29, 0.717) is 12.4 Å². The summed E-state index contributed by atoms with van der Waals surface area (Å²) in [6, 6.07) is 19.3. The lowest BCUT2D eigenvalue weighted by molar-refractivity contribution is 0.469. The second-order valence-corrected chi connectivity index (χ2v) is 7.69. The molecule has 1 aromatic heterocycles. The Bertz CT molecular complexity index is 1120. The van der Waals surface area contributed by atoms with Crippen LogP contribution >= 0.6 is 15.9 Å². The number of phenols is 1. The summed E-state index contributed by atoms with van der Waals surface area (Å²) < 4.78 is 6.84. The predicted molar refractivity (Wildman–Crippen MR) is 117 cm³/mol. The van der Waals surface area contributed by atoms with E-state index in [1.165, 1.54) is 0 Å². The highest BCUT2D eigenvalue weighted by atomic mass is 79.9. The second-order valence-electron chi connectivity index (χ2n) is 6.77. The molecule has 142 valence electrons. The van der Waals surface area contributed by atoms with E-state index in [-0.39, 0.29) is 5.75 Å². The van der Waals surface area contributed by atoms with Crippen LogP contribution in [0.1, 0.15) is 5.56 Å². The summed E-state index contributed by atoms with van der Waals surface area (Å²) in [5, 5.41) is 13.3. The van der Waals surface area contributed by atoms with Crippen LogP contribution in [-0.2, 0) is 6.54 Å². The minimum absolute atomic E-state index is 0.265. The van der Waals surface area contributed by atoms with Crippen molar-refractivity contribution in [1.82, 2.24) is 4.98 Å². The normalized spacial score (nSPS) is 11.0. The molecule has 0 unspecified atom stereocenters. The molecular formula is C22H20BrN3O2. The lowest BCUT2D eigenvalue weighted by atomic mass is 10.2. The summed E-state index contributed by atoms with van der Waals surface area (Å²) in [4.78, 5) is 6.68. The Hall–Kier alpha value is -2.99. The van der Waals surface area contributed by atoms with Gasteiger partial charge >= 0.3 is 0 Å². The third kappa shape index (κ3) is 3.82. The second kappa shape index (κ2) is 7.56. The van der Waals surface area contributed by atoms with Crippen molar-refractivity contribution in [2.24, 2.45) is 0 Å². The molecule has 0 saturated carbocycles. The highest BCUT2D eigenvalue weighted by Gasteiger charge is 2.10. The molecule has 3 aromatic carbocycles. The Labute approximate surface area is 171 Å². The van der Waals surface area contributed by atoms with Gasteiger partial charge in [-0.05, 0) is 60.7 Å². The maximum atomic E-state index is 9.98. The van der Waals surface area contributed by atoms with Crippen LogP contribution in [-0.4, -0.2) is 24.2 Å². The van der Waals surface area contributed by atoms with Crippen LogP contribution in [0.2, 0.25) is 0 Å². The van der Waals surface area contributed by atoms with Gasteiger partial charge in [0.2, 0.25) is 5.89 Å². The minimum atomic E-state index is 0.265. The maximum absolute atomic E-state index is 9.98. The third-order valence-corrected chi connectivity index (χ3v) is 5.04. The maximum Gasteiger partial charge on any atom is 0.227 e. The average molecular weight is 438 g/mol. The Balaban J connectivity index is 1.55. The number of nitrogens with zero attached hydrogens (tertiary/aromatic N) is 2. The molecule has 0 bridgehead atoms. The molecule has 28 heavy (non-hydrogen) atoms. The first-order valence-corrected chi connectivity index (χ1v) is 9.68. The van der Waals surface area contributed by atoms with Crippen LogP contribution in [0.5, 0.6) is 5.75 Å².